The fourth-order valence-corrected chi connectivity index (χ4v) is 2.98. The molecule has 1 aliphatic rings. The second kappa shape index (κ2) is 7.21. The lowest BCUT2D eigenvalue weighted by Crippen LogP contribution is -2.37. The van der Waals surface area contributed by atoms with Gasteiger partial charge in [0.2, 0.25) is 0 Å². The van der Waals surface area contributed by atoms with E-state index in [1.165, 1.54) is 5.56 Å². The van der Waals surface area contributed by atoms with Gasteiger partial charge in [0.25, 0.3) is 11.1 Å². The van der Waals surface area contributed by atoms with Crippen molar-refractivity contribution in [3.05, 3.63) is 40.3 Å². The van der Waals surface area contributed by atoms with Crippen LogP contribution in [0, 0.1) is 0 Å². The van der Waals surface area contributed by atoms with E-state index in [0.29, 0.717) is 4.91 Å². The monoisotopic (exact) mass is 347 g/mol. The fourth-order valence-electron chi connectivity index (χ4n) is 2.14. The van der Waals surface area contributed by atoms with E-state index in [1.54, 1.807) is 26.8 Å². The van der Waals surface area contributed by atoms with Crippen molar-refractivity contribution in [3.8, 4) is 0 Å². The average Bonchev–Trinajstić information content (AvgIpc) is 2.74. The average molecular weight is 347 g/mol. The molecule has 128 valence electrons. The molecule has 24 heavy (non-hydrogen) atoms. The van der Waals surface area contributed by atoms with E-state index in [4.69, 9.17) is 4.74 Å². The summed E-state index contributed by atoms with van der Waals surface area (Å²) in [5, 5.41) is -0.456. The Morgan fingerprint density at radius 1 is 1.21 bits per heavy atom. The Kier molecular flexibility index (Phi) is 5.49. The predicted octanol–water partition coefficient (Wildman–Crippen LogP) is 3.63. The highest BCUT2D eigenvalue weighted by molar-refractivity contribution is 8.18. The van der Waals surface area contributed by atoms with E-state index in [0.717, 1.165) is 28.6 Å². The van der Waals surface area contributed by atoms with Crippen LogP contribution in [0.3, 0.4) is 0 Å². The molecular weight excluding hydrogens is 326 g/mol. The summed E-state index contributed by atoms with van der Waals surface area (Å²) in [7, 11) is 0. The lowest BCUT2D eigenvalue weighted by molar-refractivity contribution is -0.156. The molecule has 0 atom stereocenters. The summed E-state index contributed by atoms with van der Waals surface area (Å²) in [6.45, 7) is 6.90. The van der Waals surface area contributed by atoms with Crippen LogP contribution in [0.1, 0.15) is 38.8 Å². The second-order valence-corrected chi connectivity index (χ2v) is 7.44. The van der Waals surface area contributed by atoms with Crippen LogP contribution in [0.15, 0.2) is 29.2 Å². The van der Waals surface area contributed by atoms with Crippen LogP contribution in [0.5, 0.6) is 0 Å². The van der Waals surface area contributed by atoms with Gasteiger partial charge in [-0.3, -0.25) is 19.3 Å². The zero-order valence-electron chi connectivity index (χ0n) is 14.3. The van der Waals surface area contributed by atoms with Crippen LogP contribution < -0.4 is 0 Å². The zero-order chi connectivity index (χ0) is 17.9. The smallest absolute Gasteiger partial charge is 0.326 e. The molecule has 0 aliphatic carbocycles. The number of hydrogen-bond donors (Lipinski definition) is 0. The minimum atomic E-state index is -0.657. The Morgan fingerprint density at radius 3 is 2.38 bits per heavy atom. The number of ether oxygens (including phenoxy) is 1. The van der Waals surface area contributed by atoms with Crippen LogP contribution in [0.4, 0.5) is 4.79 Å². The molecule has 1 aromatic rings. The van der Waals surface area contributed by atoms with E-state index in [1.807, 2.05) is 24.3 Å². The normalized spacial score (nSPS) is 16.8. The molecule has 2 rings (SSSR count). The molecule has 0 N–H and O–H groups in total. The van der Waals surface area contributed by atoms with Gasteiger partial charge in [-0.15, -0.1) is 0 Å². The van der Waals surface area contributed by atoms with Crippen molar-refractivity contribution in [2.24, 2.45) is 0 Å². The largest absolute Gasteiger partial charge is 0.459 e. The molecule has 2 amide bonds. The summed E-state index contributed by atoms with van der Waals surface area (Å²) in [6.07, 6.45) is 2.60. The molecule has 5 nitrogen and oxygen atoms in total. The van der Waals surface area contributed by atoms with Crippen molar-refractivity contribution in [2.45, 2.75) is 39.7 Å². The lowest BCUT2D eigenvalue weighted by Gasteiger charge is -2.21. The SMILES string of the molecule is CCc1ccc(/C=C2/SC(=O)N(CC(=O)OC(C)(C)C)C2=O)cc1. The topological polar surface area (TPSA) is 63.7 Å². The molecule has 1 aromatic carbocycles. The summed E-state index contributed by atoms with van der Waals surface area (Å²) in [5.74, 6) is -1.06. The highest BCUT2D eigenvalue weighted by Gasteiger charge is 2.37. The number of thioether (sulfide) groups is 1. The third kappa shape index (κ3) is 4.71. The summed E-state index contributed by atoms with van der Waals surface area (Å²) in [6, 6.07) is 7.77. The minimum Gasteiger partial charge on any atom is -0.459 e. The van der Waals surface area contributed by atoms with Gasteiger partial charge in [0.1, 0.15) is 12.1 Å². The maximum absolute atomic E-state index is 12.4. The molecule has 0 saturated carbocycles. The van der Waals surface area contributed by atoms with E-state index >= 15 is 0 Å². The van der Waals surface area contributed by atoms with Crippen molar-refractivity contribution in [2.75, 3.05) is 6.54 Å². The van der Waals surface area contributed by atoms with Gasteiger partial charge in [-0.05, 0) is 56.2 Å². The number of amides is 2. The van der Waals surface area contributed by atoms with Crippen LogP contribution in [0.2, 0.25) is 0 Å². The van der Waals surface area contributed by atoms with E-state index in [9.17, 15) is 14.4 Å². The number of hydrogen-bond acceptors (Lipinski definition) is 5. The number of aryl methyl sites for hydroxylation is 1. The Bertz CT molecular complexity index is 686. The Balaban J connectivity index is 2.10. The van der Waals surface area contributed by atoms with Crippen LogP contribution in [0.25, 0.3) is 6.08 Å². The molecule has 1 saturated heterocycles. The van der Waals surface area contributed by atoms with Gasteiger partial charge in [0, 0.05) is 0 Å². The molecule has 0 aromatic heterocycles. The van der Waals surface area contributed by atoms with Crippen molar-refractivity contribution in [1.82, 2.24) is 4.90 Å². The molecule has 0 unspecified atom stereocenters. The molecule has 0 radical (unpaired) electrons. The first-order valence-electron chi connectivity index (χ1n) is 7.76. The molecule has 0 bridgehead atoms. The van der Waals surface area contributed by atoms with Crippen molar-refractivity contribution in [1.29, 1.82) is 0 Å². The van der Waals surface area contributed by atoms with Crippen LogP contribution >= 0.6 is 11.8 Å². The van der Waals surface area contributed by atoms with E-state index in [2.05, 4.69) is 6.92 Å². The number of carbonyl (C=O) groups excluding carboxylic acids is 3. The van der Waals surface area contributed by atoms with Gasteiger partial charge < -0.3 is 4.74 Å². The van der Waals surface area contributed by atoms with Gasteiger partial charge >= 0.3 is 5.97 Å². The molecule has 0 spiro atoms. The maximum atomic E-state index is 12.4. The number of nitrogens with zero attached hydrogens (tertiary/aromatic N) is 1. The van der Waals surface area contributed by atoms with Gasteiger partial charge in [-0.2, -0.15) is 0 Å². The Labute approximate surface area is 146 Å². The maximum Gasteiger partial charge on any atom is 0.326 e. The van der Waals surface area contributed by atoms with Gasteiger partial charge in [0.15, 0.2) is 0 Å². The molecule has 1 fully saturated rings. The summed E-state index contributed by atoms with van der Waals surface area (Å²) in [4.78, 5) is 37.4. The number of benzene rings is 1. The first-order chi connectivity index (χ1) is 11.2. The Hall–Kier alpha value is -2.08. The van der Waals surface area contributed by atoms with Crippen LogP contribution in [-0.2, 0) is 20.7 Å². The number of esters is 1. The lowest BCUT2D eigenvalue weighted by atomic mass is 10.1. The van der Waals surface area contributed by atoms with Gasteiger partial charge in [-0.25, -0.2) is 0 Å². The number of rotatable bonds is 4. The molecule has 6 heteroatoms. The van der Waals surface area contributed by atoms with Gasteiger partial charge in [0.05, 0.1) is 4.91 Å². The van der Waals surface area contributed by atoms with Crippen LogP contribution in [-0.4, -0.2) is 34.2 Å². The first kappa shape index (κ1) is 18.3. The third-order valence-electron chi connectivity index (χ3n) is 3.27. The molecular formula is C18H21NO4S. The first-order valence-corrected chi connectivity index (χ1v) is 8.57. The predicted molar refractivity (Wildman–Crippen MR) is 94.3 cm³/mol. The second-order valence-electron chi connectivity index (χ2n) is 6.45. The standard InChI is InChI=1S/C18H21NO4S/c1-5-12-6-8-13(9-7-12)10-14-16(21)19(17(22)24-14)11-15(20)23-18(2,3)4/h6-10H,5,11H2,1-4H3/b14-10+. The third-order valence-corrected chi connectivity index (χ3v) is 4.17. The van der Waals surface area contributed by atoms with Gasteiger partial charge in [-0.1, -0.05) is 31.2 Å². The van der Waals surface area contributed by atoms with Crippen molar-refractivity contribution in [3.63, 3.8) is 0 Å². The van der Waals surface area contributed by atoms with Crippen molar-refractivity contribution < 1.29 is 19.1 Å². The Morgan fingerprint density at radius 2 is 1.83 bits per heavy atom. The van der Waals surface area contributed by atoms with E-state index in [-0.39, 0.29) is 6.54 Å². The van der Waals surface area contributed by atoms with E-state index < -0.39 is 22.7 Å². The number of imide groups is 1. The highest BCUT2D eigenvalue weighted by atomic mass is 32.2. The summed E-state index contributed by atoms with van der Waals surface area (Å²) >= 11 is 0.837. The molecule has 1 aliphatic heterocycles. The zero-order valence-corrected chi connectivity index (χ0v) is 15.1. The minimum absolute atomic E-state index is 0.313. The molecule has 1 heterocycles. The quantitative estimate of drug-likeness (QED) is 0.615. The fraction of sp³-hybridized carbons (Fsp3) is 0.389. The number of carbonyl (C=O) groups is 3. The van der Waals surface area contributed by atoms with Crippen molar-refractivity contribution >= 4 is 35.0 Å². The summed E-state index contributed by atoms with van der Waals surface area (Å²) < 4.78 is 5.16. The summed E-state index contributed by atoms with van der Waals surface area (Å²) in [5.41, 5.74) is 1.38. The highest BCUT2D eigenvalue weighted by Crippen LogP contribution is 2.32.